The van der Waals surface area contributed by atoms with Gasteiger partial charge in [-0.05, 0) is 73.4 Å². The summed E-state index contributed by atoms with van der Waals surface area (Å²) in [5.74, 6) is -3.37. The van der Waals surface area contributed by atoms with Gasteiger partial charge >= 0.3 is 30.0 Å². The molecular weight excluding hydrogens is 735 g/mol. The molecule has 4 aromatic rings. The van der Waals surface area contributed by atoms with Gasteiger partial charge in [0.2, 0.25) is 11.9 Å². The second kappa shape index (κ2) is 17.7. The molecule has 0 unspecified atom stereocenters. The zero-order chi connectivity index (χ0) is 38.7. The number of aromatic nitrogens is 4. The number of nitrogens with one attached hydrogen (secondary N) is 5. The Morgan fingerprint density at radius 2 is 1.57 bits per heavy atom. The maximum Gasteiger partial charge on any atom is 0.422 e. The maximum absolute atomic E-state index is 13.0. The predicted octanol–water partition coefficient (Wildman–Crippen LogP) is 3.84. The predicted molar refractivity (Wildman–Crippen MR) is 189 cm³/mol. The number of nitrogens with zero attached hydrogens (tertiary/aromatic N) is 4. The first kappa shape index (κ1) is 39.2. The Morgan fingerprint density at radius 1 is 0.889 bits per heavy atom. The normalized spacial score (nSPS) is 13.5. The summed E-state index contributed by atoms with van der Waals surface area (Å²) in [4.78, 5) is 66.3. The summed E-state index contributed by atoms with van der Waals surface area (Å²) in [6.07, 6.45) is -1.25. The molecule has 15 nitrogen and oxygen atoms in total. The molecule has 1 aliphatic rings. The first-order chi connectivity index (χ1) is 25.8. The number of pyridine rings is 1. The Hall–Kier alpha value is -6.04. The Morgan fingerprint density at radius 3 is 2.20 bits per heavy atom. The van der Waals surface area contributed by atoms with Crippen molar-refractivity contribution in [2.45, 2.75) is 43.4 Å². The van der Waals surface area contributed by atoms with Crippen molar-refractivity contribution in [3.63, 3.8) is 0 Å². The van der Waals surface area contributed by atoms with Gasteiger partial charge < -0.3 is 36.1 Å². The molecule has 2 heterocycles. The number of anilines is 3. The summed E-state index contributed by atoms with van der Waals surface area (Å²) in [6, 6.07) is 16.6. The molecule has 1 aliphatic carbocycles. The molecule has 0 spiro atoms. The third kappa shape index (κ3) is 11.5. The van der Waals surface area contributed by atoms with Crippen molar-refractivity contribution < 1.29 is 41.8 Å². The highest BCUT2D eigenvalue weighted by Gasteiger charge is 2.45. The lowest BCUT2D eigenvalue weighted by atomic mass is 10.1. The van der Waals surface area contributed by atoms with E-state index in [4.69, 9.17) is 21.1 Å². The molecule has 1 saturated carbocycles. The summed E-state index contributed by atoms with van der Waals surface area (Å²) in [6.45, 7) is -1.56. The van der Waals surface area contributed by atoms with Crippen molar-refractivity contribution in [2.75, 3.05) is 37.4 Å². The van der Waals surface area contributed by atoms with Crippen molar-refractivity contribution in [2.24, 2.45) is 0 Å². The fraction of sp³-hybridized carbons (Fsp3) is 0.314. The number of halogens is 4. The van der Waals surface area contributed by atoms with Crippen LogP contribution in [0.25, 0.3) is 0 Å². The van der Waals surface area contributed by atoms with Crippen LogP contribution in [0.5, 0.6) is 6.01 Å². The molecule has 0 bridgehead atoms. The van der Waals surface area contributed by atoms with Gasteiger partial charge in [0.1, 0.15) is 6.04 Å². The van der Waals surface area contributed by atoms with Gasteiger partial charge in [0, 0.05) is 47.7 Å². The van der Waals surface area contributed by atoms with Crippen LogP contribution in [0.2, 0.25) is 5.02 Å². The maximum atomic E-state index is 13.0. The van der Waals surface area contributed by atoms with Crippen LogP contribution in [-0.4, -0.2) is 82.7 Å². The van der Waals surface area contributed by atoms with Gasteiger partial charge in [-0.2, -0.15) is 28.1 Å². The van der Waals surface area contributed by atoms with Crippen LogP contribution < -0.4 is 31.3 Å². The molecule has 3 amide bonds. The zero-order valence-electron chi connectivity index (χ0n) is 28.7. The Kier molecular flexibility index (Phi) is 12.8. The number of carbonyl (C=O) groups excluding carboxylic acids is 4. The Bertz CT molecular complexity index is 1930. The van der Waals surface area contributed by atoms with Crippen LogP contribution >= 0.6 is 11.6 Å². The quantitative estimate of drug-likeness (QED) is 0.0817. The van der Waals surface area contributed by atoms with E-state index in [9.17, 15) is 32.3 Å². The minimum Gasteiger partial charge on any atom is -0.467 e. The van der Waals surface area contributed by atoms with Crippen LogP contribution in [0.1, 0.15) is 40.9 Å². The number of hydrogen-bond acceptors (Lipinski definition) is 12. The number of hydrogen-bond donors (Lipinski definition) is 5. The van der Waals surface area contributed by atoms with E-state index in [0.717, 1.165) is 18.4 Å². The average Bonchev–Trinajstić information content (AvgIpc) is 3.93. The summed E-state index contributed by atoms with van der Waals surface area (Å²) in [5.41, 5.74) is 1.58. The number of esters is 1. The van der Waals surface area contributed by atoms with E-state index in [0.29, 0.717) is 30.0 Å². The lowest BCUT2D eigenvalue weighted by Crippen LogP contribution is -2.45. The van der Waals surface area contributed by atoms with E-state index < -0.39 is 54.1 Å². The Labute approximate surface area is 311 Å². The van der Waals surface area contributed by atoms with Gasteiger partial charge in [0.25, 0.3) is 5.91 Å². The van der Waals surface area contributed by atoms with Gasteiger partial charge in [-0.1, -0.05) is 29.8 Å². The van der Waals surface area contributed by atoms with Crippen molar-refractivity contribution in [1.82, 2.24) is 35.9 Å². The number of ether oxygens (including phenoxy) is 2. The summed E-state index contributed by atoms with van der Waals surface area (Å²) < 4.78 is 48.5. The van der Waals surface area contributed by atoms with E-state index in [-0.39, 0.29) is 37.0 Å². The van der Waals surface area contributed by atoms with Crippen molar-refractivity contribution in [1.29, 1.82) is 0 Å². The van der Waals surface area contributed by atoms with Crippen molar-refractivity contribution in [3.05, 3.63) is 94.8 Å². The van der Waals surface area contributed by atoms with Crippen LogP contribution in [0.15, 0.2) is 72.9 Å². The standard InChI is InChI=1S/C35H35ClF3N9O6/c1-53-30(52)26(14-19-42-29(51)28(50)41-18-13-24-4-2-3-17-40-24)44-27(49)21-5-11-25(12-6-21)43-31-45-32(47-33(46-31)54-20-35(37,38)39)48-34(15-16-34)22-7-9-23(36)10-8-22/h2-12,17,26H,13-16,18-20H2,1H3,(H,41,50)(H,42,51)(H,44,49)(H2,43,45,46,47,48)/t26-/m0/s1. The average molecular weight is 770 g/mol. The van der Waals surface area contributed by atoms with Gasteiger partial charge in [0.15, 0.2) is 6.61 Å². The van der Waals surface area contributed by atoms with Crippen molar-refractivity contribution >= 4 is 52.9 Å². The molecule has 284 valence electrons. The molecule has 5 N–H and O–H groups in total. The van der Waals surface area contributed by atoms with Crippen molar-refractivity contribution in [3.8, 4) is 6.01 Å². The first-order valence-electron chi connectivity index (χ1n) is 16.5. The van der Waals surface area contributed by atoms with Gasteiger partial charge in [-0.3, -0.25) is 19.4 Å². The molecule has 19 heteroatoms. The molecular formula is C35H35ClF3N9O6. The number of amides is 3. The fourth-order valence-electron chi connectivity index (χ4n) is 5.08. The lowest BCUT2D eigenvalue weighted by molar-refractivity contribution is -0.154. The second-order valence-corrected chi connectivity index (χ2v) is 12.4. The zero-order valence-corrected chi connectivity index (χ0v) is 29.5. The molecule has 2 aromatic heterocycles. The number of rotatable bonds is 16. The second-order valence-electron chi connectivity index (χ2n) is 12.0. The topological polar surface area (TPSA) is 198 Å². The summed E-state index contributed by atoms with van der Waals surface area (Å²) in [7, 11) is 1.14. The SMILES string of the molecule is COC(=O)[C@H](CCNC(=O)C(=O)NCCc1ccccn1)NC(=O)c1ccc(Nc2nc(NC3(c4ccc(Cl)cc4)CC3)nc(OCC(F)(F)F)n2)cc1. The lowest BCUT2D eigenvalue weighted by Gasteiger charge is -2.19. The smallest absolute Gasteiger partial charge is 0.422 e. The summed E-state index contributed by atoms with van der Waals surface area (Å²) in [5, 5.41) is 14.0. The van der Waals surface area contributed by atoms with Crippen LogP contribution in [0.3, 0.4) is 0 Å². The van der Waals surface area contributed by atoms with Crippen LogP contribution in [0, 0.1) is 0 Å². The highest BCUT2D eigenvalue weighted by atomic mass is 35.5. The van der Waals surface area contributed by atoms with E-state index in [1.165, 1.54) is 24.3 Å². The van der Waals surface area contributed by atoms with E-state index >= 15 is 0 Å². The monoisotopic (exact) mass is 769 g/mol. The number of methoxy groups -OCH3 is 1. The van der Waals surface area contributed by atoms with E-state index in [1.54, 1.807) is 36.5 Å². The largest absolute Gasteiger partial charge is 0.467 e. The first-order valence-corrected chi connectivity index (χ1v) is 16.9. The third-order valence-corrected chi connectivity index (χ3v) is 8.24. The Balaban J connectivity index is 1.18. The van der Waals surface area contributed by atoms with Crippen LogP contribution in [-0.2, 0) is 31.1 Å². The third-order valence-electron chi connectivity index (χ3n) is 7.99. The van der Waals surface area contributed by atoms with Gasteiger partial charge in [0.05, 0.1) is 12.6 Å². The minimum absolute atomic E-state index is 0.0283. The molecule has 1 fully saturated rings. The van der Waals surface area contributed by atoms with E-state index in [2.05, 4.69) is 46.5 Å². The molecule has 0 radical (unpaired) electrons. The van der Waals surface area contributed by atoms with Gasteiger partial charge in [-0.25, -0.2) is 4.79 Å². The number of benzene rings is 2. The number of alkyl halides is 3. The molecule has 5 rings (SSSR count). The molecule has 0 aliphatic heterocycles. The summed E-state index contributed by atoms with van der Waals surface area (Å²) >= 11 is 6.03. The molecule has 0 saturated heterocycles. The fourth-order valence-corrected chi connectivity index (χ4v) is 5.21. The van der Waals surface area contributed by atoms with Gasteiger partial charge in [-0.15, -0.1) is 0 Å². The molecule has 2 aromatic carbocycles. The molecule has 1 atom stereocenters. The highest BCUT2D eigenvalue weighted by molar-refractivity contribution is 6.35. The van der Waals surface area contributed by atoms with E-state index in [1.807, 2.05) is 12.1 Å². The highest BCUT2D eigenvalue weighted by Crippen LogP contribution is 2.48. The number of carbonyl (C=O) groups is 4. The van der Waals surface area contributed by atoms with Crippen LogP contribution in [0.4, 0.5) is 30.8 Å². The molecule has 54 heavy (non-hydrogen) atoms. The minimum atomic E-state index is -4.64.